The number of carbonyl (C=O) groups is 1. The largest absolute Gasteiger partial charge is 0.351 e. The zero-order valence-corrected chi connectivity index (χ0v) is 8.62. The average Bonchev–Trinajstić information content (AvgIpc) is 2.15. The lowest BCUT2D eigenvalue weighted by Gasteiger charge is -2.04. The van der Waals surface area contributed by atoms with E-state index in [1.165, 1.54) is 18.2 Å². The van der Waals surface area contributed by atoms with E-state index >= 15 is 0 Å². The molecule has 0 saturated carbocycles. The van der Waals surface area contributed by atoms with Crippen molar-refractivity contribution >= 4 is 28.5 Å². The molecule has 1 heterocycles. The molecule has 16 heavy (non-hydrogen) atoms. The molecule has 1 aromatic heterocycles. The maximum atomic E-state index is 11.4. The SMILES string of the molecule is NC(=O)n1c(=O)[nH]c(=O)c2ccc(Cl)cc21. The predicted octanol–water partition coefficient (Wildman–Crippen LogP) is 0.270. The lowest BCUT2D eigenvalue weighted by molar-refractivity contribution is 0.250. The quantitative estimate of drug-likeness (QED) is 0.690. The Hall–Kier alpha value is -2.08. The third-order valence-electron chi connectivity index (χ3n) is 2.09. The Bertz CT molecular complexity index is 701. The number of halogens is 1. The molecule has 0 saturated heterocycles. The number of nitrogens with one attached hydrogen (secondary N) is 1. The molecule has 0 aliphatic rings. The molecular weight excluding hydrogens is 234 g/mol. The van der Waals surface area contributed by atoms with Gasteiger partial charge in [-0.1, -0.05) is 11.6 Å². The fourth-order valence-corrected chi connectivity index (χ4v) is 1.60. The predicted molar refractivity (Wildman–Crippen MR) is 58.8 cm³/mol. The highest BCUT2D eigenvalue weighted by Crippen LogP contribution is 2.14. The van der Waals surface area contributed by atoms with Crippen LogP contribution in [0.2, 0.25) is 5.02 Å². The van der Waals surface area contributed by atoms with Crippen molar-refractivity contribution in [2.45, 2.75) is 0 Å². The lowest BCUT2D eigenvalue weighted by atomic mass is 10.2. The Morgan fingerprint density at radius 1 is 1.38 bits per heavy atom. The van der Waals surface area contributed by atoms with Crippen LogP contribution in [-0.4, -0.2) is 15.6 Å². The standard InChI is InChI=1S/C9H6ClN3O3/c10-4-1-2-5-6(3-4)13(8(11)15)9(16)12-7(5)14/h1-3H,(H2,11,15)(H,12,14,16). The van der Waals surface area contributed by atoms with Gasteiger partial charge in [-0.3, -0.25) is 9.78 Å². The molecule has 82 valence electrons. The third-order valence-corrected chi connectivity index (χ3v) is 2.32. The van der Waals surface area contributed by atoms with E-state index in [1.54, 1.807) is 0 Å². The number of carbonyl (C=O) groups excluding carboxylic acids is 1. The second-order valence-corrected chi connectivity index (χ2v) is 3.53. The first-order valence-electron chi connectivity index (χ1n) is 4.25. The monoisotopic (exact) mass is 239 g/mol. The summed E-state index contributed by atoms with van der Waals surface area (Å²) in [5, 5.41) is 0.468. The molecule has 3 N–H and O–H groups in total. The van der Waals surface area contributed by atoms with Crippen molar-refractivity contribution in [1.29, 1.82) is 0 Å². The molecule has 2 rings (SSSR count). The number of amides is 1. The average molecular weight is 240 g/mol. The van der Waals surface area contributed by atoms with Gasteiger partial charge < -0.3 is 5.73 Å². The lowest BCUT2D eigenvalue weighted by Crippen LogP contribution is -2.37. The van der Waals surface area contributed by atoms with Crippen LogP contribution in [0.1, 0.15) is 0 Å². The van der Waals surface area contributed by atoms with Gasteiger partial charge in [-0.05, 0) is 18.2 Å². The number of primary amides is 1. The number of nitrogens with zero attached hydrogens (tertiary/aromatic N) is 1. The number of hydrogen-bond donors (Lipinski definition) is 2. The summed E-state index contributed by atoms with van der Waals surface area (Å²) in [5.74, 6) is 0. The Labute approximate surface area is 93.3 Å². The molecule has 7 heteroatoms. The summed E-state index contributed by atoms with van der Waals surface area (Å²) in [7, 11) is 0. The highest BCUT2D eigenvalue weighted by molar-refractivity contribution is 6.31. The molecule has 0 atom stereocenters. The van der Waals surface area contributed by atoms with Gasteiger partial charge in [0.1, 0.15) is 0 Å². The fraction of sp³-hybridized carbons (Fsp3) is 0. The normalized spacial score (nSPS) is 10.6. The van der Waals surface area contributed by atoms with Crippen LogP contribution in [0.25, 0.3) is 10.9 Å². The van der Waals surface area contributed by atoms with Gasteiger partial charge in [0.15, 0.2) is 0 Å². The number of aromatic amines is 1. The minimum absolute atomic E-state index is 0.0914. The summed E-state index contributed by atoms with van der Waals surface area (Å²) in [6.45, 7) is 0. The smallest absolute Gasteiger partial charge is 0.337 e. The number of hydrogen-bond acceptors (Lipinski definition) is 3. The summed E-state index contributed by atoms with van der Waals surface area (Å²) in [6.07, 6.45) is 0. The second-order valence-electron chi connectivity index (χ2n) is 3.09. The van der Waals surface area contributed by atoms with Gasteiger partial charge in [0.05, 0.1) is 10.9 Å². The van der Waals surface area contributed by atoms with E-state index in [9.17, 15) is 14.4 Å². The molecule has 2 aromatic rings. The van der Waals surface area contributed by atoms with Crippen LogP contribution >= 0.6 is 11.6 Å². The molecule has 1 aromatic carbocycles. The molecule has 0 unspecified atom stereocenters. The molecule has 0 aliphatic heterocycles. The topological polar surface area (TPSA) is 97.9 Å². The maximum absolute atomic E-state index is 11.4. The van der Waals surface area contributed by atoms with Crippen molar-refractivity contribution in [2.75, 3.05) is 0 Å². The second kappa shape index (κ2) is 3.49. The van der Waals surface area contributed by atoms with Crippen molar-refractivity contribution in [2.24, 2.45) is 5.73 Å². The number of aromatic nitrogens is 2. The van der Waals surface area contributed by atoms with E-state index in [1.807, 2.05) is 4.98 Å². The van der Waals surface area contributed by atoms with E-state index in [0.29, 0.717) is 9.59 Å². The van der Waals surface area contributed by atoms with Gasteiger partial charge in [0.2, 0.25) is 0 Å². The first kappa shape index (κ1) is 10.4. The van der Waals surface area contributed by atoms with Gasteiger partial charge >= 0.3 is 11.7 Å². The van der Waals surface area contributed by atoms with Gasteiger partial charge in [0.25, 0.3) is 5.56 Å². The summed E-state index contributed by atoms with van der Waals surface area (Å²) in [4.78, 5) is 35.9. The number of nitrogens with two attached hydrogens (primary N) is 1. The molecule has 0 radical (unpaired) electrons. The first-order chi connectivity index (χ1) is 7.50. The van der Waals surface area contributed by atoms with Crippen LogP contribution < -0.4 is 17.0 Å². The van der Waals surface area contributed by atoms with Crippen molar-refractivity contribution in [3.8, 4) is 0 Å². The van der Waals surface area contributed by atoms with Gasteiger partial charge in [-0.15, -0.1) is 0 Å². The number of rotatable bonds is 0. The van der Waals surface area contributed by atoms with E-state index < -0.39 is 17.3 Å². The van der Waals surface area contributed by atoms with Crippen LogP contribution in [-0.2, 0) is 0 Å². The van der Waals surface area contributed by atoms with Crippen LogP contribution in [0, 0.1) is 0 Å². The van der Waals surface area contributed by atoms with E-state index in [2.05, 4.69) is 0 Å². The summed E-state index contributed by atoms with van der Waals surface area (Å²) in [5.41, 5.74) is 3.66. The van der Waals surface area contributed by atoms with Gasteiger partial charge in [-0.2, -0.15) is 0 Å². The Morgan fingerprint density at radius 2 is 2.06 bits per heavy atom. The minimum atomic E-state index is -0.978. The molecule has 0 spiro atoms. The molecular formula is C9H6ClN3O3. The van der Waals surface area contributed by atoms with E-state index in [0.717, 1.165) is 0 Å². The molecule has 0 aliphatic carbocycles. The Kier molecular flexibility index (Phi) is 2.28. The Balaban J connectivity index is 3.10. The highest BCUT2D eigenvalue weighted by atomic mass is 35.5. The van der Waals surface area contributed by atoms with Crippen LogP contribution in [0.4, 0.5) is 4.79 Å². The van der Waals surface area contributed by atoms with Crippen molar-refractivity contribution in [1.82, 2.24) is 9.55 Å². The van der Waals surface area contributed by atoms with Crippen molar-refractivity contribution in [3.05, 3.63) is 44.1 Å². The van der Waals surface area contributed by atoms with Crippen molar-refractivity contribution < 1.29 is 4.79 Å². The summed E-state index contributed by atoms with van der Waals surface area (Å²) < 4.78 is 0.655. The van der Waals surface area contributed by atoms with Crippen LogP contribution in [0.5, 0.6) is 0 Å². The van der Waals surface area contributed by atoms with Crippen LogP contribution in [0.3, 0.4) is 0 Å². The summed E-state index contributed by atoms with van der Waals surface area (Å²) >= 11 is 5.72. The molecule has 6 nitrogen and oxygen atoms in total. The van der Waals surface area contributed by atoms with Crippen LogP contribution in [0.15, 0.2) is 27.8 Å². The Morgan fingerprint density at radius 3 is 2.69 bits per heavy atom. The molecule has 0 fully saturated rings. The first-order valence-corrected chi connectivity index (χ1v) is 4.63. The zero-order valence-electron chi connectivity index (χ0n) is 7.86. The van der Waals surface area contributed by atoms with Gasteiger partial charge in [-0.25, -0.2) is 14.2 Å². The van der Waals surface area contributed by atoms with Crippen molar-refractivity contribution in [3.63, 3.8) is 0 Å². The molecule has 1 amide bonds. The number of fused-ring (bicyclic) bond motifs is 1. The van der Waals surface area contributed by atoms with Gasteiger partial charge in [0, 0.05) is 5.02 Å². The minimum Gasteiger partial charge on any atom is -0.351 e. The maximum Gasteiger partial charge on any atom is 0.337 e. The fourth-order valence-electron chi connectivity index (χ4n) is 1.43. The summed E-state index contributed by atoms with van der Waals surface area (Å²) in [6, 6.07) is 3.25. The molecule has 0 bridgehead atoms. The third kappa shape index (κ3) is 1.49. The number of benzene rings is 1. The number of H-pyrrole nitrogens is 1. The van der Waals surface area contributed by atoms with E-state index in [4.69, 9.17) is 17.3 Å². The van der Waals surface area contributed by atoms with E-state index in [-0.39, 0.29) is 10.9 Å². The zero-order chi connectivity index (χ0) is 11.9. The highest BCUT2D eigenvalue weighted by Gasteiger charge is 2.11.